The summed E-state index contributed by atoms with van der Waals surface area (Å²) in [4.78, 5) is 0. The summed E-state index contributed by atoms with van der Waals surface area (Å²) in [5.41, 5.74) is 5.19. The van der Waals surface area contributed by atoms with Crippen LogP contribution in [0.3, 0.4) is 0 Å². The maximum absolute atomic E-state index is 4.92. The Morgan fingerprint density at radius 2 is 1.43 bits per heavy atom. The fourth-order valence-corrected chi connectivity index (χ4v) is 2.72. The standard InChI is InChI=1S/C18H26N2.Pt/c1-12(2)17-16(15-10-8-7-9-11-15)18(13(3)4)20(19-17)14(5)6;/h7-14H,1-6H3;. The molecule has 0 spiro atoms. The van der Waals surface area contributed by atoms with E-state index in [4.69, 9.17) is 5.10 Å². The minimum absolute atomic E-state index is 0. The zero-order valence-corrected chi connectivity index (χ0v) is 16.1. The van der Waals surface area contributed by atoms with Gasteiger partial charge in [0.15, 0.2) is 0 Å². The molecule has 21 heavy (non-hydrogen) atoms. The summed E-state index contributed by atoms with van der Waals surface area (Å²) >= 11 is 0. The normalized spacial score (nSPS) is 11.3. The molecule has 0 fully saturated rings. The smallest absolute Gasteiger partial charge is 0.0731 e. The first-order valence-electron chi connectivity index (χ1n) is 7.61. The van der Waals surface area contributed by atoms with Gasteiger partial charge in [-0.25, -0.2) is 0 Å². The molecule has 1 aromatic heterocycles. The van der Waals surface area contributed by atoms with Gasteiger partial charge in [-0.15, -0.1) is 0 Å². The molecule has 0 unspecified atom stereocenters. The molecule has 0 atom stereocenters. The number of hydrogen-bond donors (Lipinski definition) is 0. The monoisotopic (exact) mass is 465 g/mol. The third-order valence-electron chi connectivity index (χ3n) is 3.62. The topological polar surface area (TPSA) is 17.8 Å². The Kier molecular flexibility index (Phi) is 6.40. The Morgan fingerprint density at radius 1 is 0.857 bits per heavy atom. The number of aromatic nitrogens is 2. The quantitative estimate of drug-likeness (QED) is 0.593. The van der Waals surface area contributed by atoms with Crippen molar-refractivity contribution in [2.24, 2.45) is 0 Å². The summed E-state index contributed by atoms with van der Waals surface area (Å²) in [6.45, 7) is 13.4. The summed E-state index contributed by atoms with van der Waals surface area (Å²) in [5, 5.41) is 4.92. The SMILES string of the molecule is CC(C)c1nn(C(C)C)c(C(C)C)c1-c1ccccc1.[Pt]. The van der Waals surface area contributed by atoms with Gasteiger partial charge in [0.05, 0.1) is 5.69 Å². The molecule has 0 aliphatic heterocycles. The summed E-state index contributed by atoms with van der Waals surface area (Å²) < 4.78 is 2.21. The molecule has 0 bridgehead atoms. The third kappa shape index (κ3) is 3.66. The van der Waals surface area contributed by atoms with Gasteiger partial charge in [0.25, 0.3) is 0 Å². The molecule has 1 aromatic carbocycles. The van der Waals surface area contributed by atoms with Crippen molar-refractivity contribution in [3.8, 4) is 11.1 Å². The van der Waals surface area contributed by atoms with Gasteiger partial charge in [0.2, 0.25) is 0 Å². The minimum atomic E-state index is 0. The van der Waals surface area contributed by atoms with E-state index in [0.29, 0.717) is 17.9 Å². The average Bonchev–Trinajstić information content (AvgIpc) is 2.80. The molecule has 1 heterocycles. The second-order valence-electron chi connectivity index (χ2n) is 6.36. The molecule has 2 rings (SSSR count). The maximum atomic E-state index is 4.92. The molecule has 0 N–H and O–H groups in total. The summed E-state index contributed by atoms with van der Waals surface area (Å²) in [6.07, 6.45) is 0. The van der Waals surface area contributed by atoms with E-state index < -0.39 is 0 Å². The Balaban J connectivity index is 0.00000220. The Hall–Kier alpha value is -0.882. The number of rotatable bonds is 4. The molecule has 3 heteroatoms. The van der Waals surface area contributed by atoms with Gasteiger partial charge in [-0.3, -0.25) is 4.68 Å². The van der Waals surface area contributed by atoms with E-state index in [-0.39, 0.29) is 21.1 Å². The van der Waals surface area contributed by atoms with Crippen LogP contribution in [0.15, 0.2) is 30.3 Å². The summed E-state index contributed by atoms with van der Waals surface area (Å²) in [5.74, 6) is 0.898. The van der Waals surface area contributed by atoms with Crippen molar-refractivity contribution in [1.29, 1.82) is 0 Å². The van der Waals surface area contributed by atoms with Crippen LogP contribution in [0.4, 0.5) is 0 Å². The summed E-state index contributed by atoms with van der Waals surface area (Å²) in [6, 6.07) is 11.1. The van der Waals surface area contributed by atoms with Crippen molar-refractivity contribution >= 4 is 0 Å². The Labute approximate surface area is 143 Å². The molecule has 0 radical (unpaired) electrons. The van der Waals surface area contributed by atoms with E-state index in [1.165, 1.54) is 22.5 Å². The molecule has 0 amide bonds. The molecule has 0 aliphatic carbocycles. The first-order chi connectivity index (χ1) is 9.43. The van der Waals surface area contributed by atoms with Gasteiger partial charge in [0, 0.05) is 38.4 Å². The molecule has 0 aliphatic rings. The van der Waals surface area contributed by atoms with Gasteiger partial charge in [-0.05, 0) is 31.2 Å². The molecule has 0 saturated heterocycles. The average molecular weight is 465 g/mol. The van der Waals surface area contributed by atoms with Crippen LogP contribution >= 0.6 is 0 Å². The molecule has 2 aromatic rings. The minimum Gasteiger partial charge on any atom is -0.266 e. The van der Waals surface area contributed by atoms with Crippen LogP contribution in [0.2, 0.25) is 0 Å². The molecule has 118 valence electrons. The Morgan fingerprint density at radius 3 is 1.86 bits per heavy atom. The number of benzene rings is 1. The third-order valence-corrected chi connectivity index (χ3v) is 3.62. The molecule has 2 nitrogen and oxygen atoms in total. The van der Waals surface area contributed by atoms with Crippen molar-refractivity contribution in [3.05, 3.63) is 41.7 Å². The van der Waals surface area contributed by atoms with E-state index in [1.54, 1.807) is 0 Å². The van der Waals surface area contributed by atoms with Crippen LogP contribution in [0.1, 0.15) is 70.8 Å². The van der Waals surface area contributed by atoms with E-state index in [9.17, 15) is 0 Å². The molecular weight excluding hydrogens is 439 g/mol. The van der Waals surface area contributed by atoms with E-state index >= 15 is 0 Å². The first-order valence-corrected chi connectivity index (χ1v) is 7.61. The largest absolute Gasteiger partial charge is 0.266 e. The van der Waals surface area contributed by atoms with E-state index in [1.807, 2.05) is 0 Å². The van der Waals surface area contributed by atoms with Crippen molar-refractivity contribution in [3.63, 3.8) is 0 Å². The first kappa shape index (κ1) is 18.2. The fraction of sp³-hybridized carbons (Fsp3) is 0.500. The van der Waals surface area contributed by atoms with E-state index in [0.717, 1.165) is 0 Å². The number of hydrogen-bond acceptors (Lipinski definition) is 1. The van der Waals surface area contributed by atoms with Gasteiger partial charge < -0.3 is 0 Å². The zero-order valence-electron chi connectivity index (χ0n) is 13.8. The van der Waals surface area contributed by atoms with Gasteiger partial charge >= 0.3 is 0 Å². The van der Waals surface area contributed by atoms with Crippen molar-refractivity contribution in [2.75, 3.05) is 0 Å². The number of nitrogens with zero attached hydrogens (tertiary/aromatic N) is 2. The van der Waals surface area contributed by atoms with E-state index in [2.05, 4.69) is 76.6 Å². The second kappa shape index (κ2) is 7.40. The summed E-state index contributed by atoms with van der Waals surface area (Å²) in [7, 11) is 0. The zero-order chi connectivity index (χ0) is 14.9. The predicted octanol–water partition coefficient (Wildman–Crippen LogP) is 5.38. The van der Waals surface area contributed by atoms with Crippen LogP contribution in [-0.4, -0.2) is 9.78 Å². The van der Waals surface area contributed by atoms with Crippen molar-refractivity contribution in [2.45, 2.75) is 59.4 Å². The Bertz CT molecular complexity index is 568. The van der Waals surface area contributed by atoms with Crippen LogP contribution in [0.25, 0.3) is 11.1 Å². The van der Waals surface area contributed by atoms with Crippen LogP contribution in [0, 0.1) is 0 Å². The van der Waals surface area contributed by atoms with Gasteiger partial charge in [0.1, 0.15) is 0 Å². The van der Waals surface area contributed by atoms with Crippen LogP contribution < -0.4 is 0 Å². The van der Waals surface area contributed by atoms with Crippen molar-refractivity contribution < 1.29 is 21.1 Å². The van der Waals surface area contributed by atoms with Gasteiger partial charge in [-0.1, -0.05) is 58.0 Å². The second-order valence-corrected chi connectivity index (χ2v) is 6.36. The fourth-order valence-electron chi connectivity index (χ4n) is 2.72. The van der Waals surface area contributed by atoms with Crippen molar-refractivity contribution in [1.82, 2.24) is 9.78 Å². The van der Waals surface area contributed by atoms with Gasteiger partial charge in [-0.2, -0.15) is 5.10 Å². The maximum Gasteiger partial charge on any atom is 0.0731 e. The van der Waals surface area contributed by atoms with Crippen LogP contribution in [-0.2, 0) is 21.1 Å². The molecular formula is C18H26N2Pt. The molecule has 0 saturated carbocycles. The predicted molar refractivity (Wildman–Crippen MR) is 86.2 cm³/mol. The van der Waals surface area contributed by atoms with Crippen LogP contribution in [0.5, 0.6) is 0 Å².